The van der Waals surface area contributed by atoms with Gasteiger partial charge in [0.2, 0.25) is 0 Å². The first kappa shape index (κ1) is 29.5. The van der Waals surface area contributed by atoms with E-state index in [2.05, 4.69) is 66.0 Å². The maximum Gasteiger partial charge on any atom is 0.152 e. The van der Waals surface area contributed by atoms with E-state index in [0.29, 0.717) is 35.5 Å². The average Bonchev–Trinajstić information content (AvgIpc) is 2.56. The van der Waals surface area contributed by atoms with Gasteiger partial charge >= 0.3 is 0 Å². The molecule has 0 aliphatic carbocycles. The van der Waals surface area contributed by atoms with Crippen molar-refractivity contribution >= 4 is 11.6 Å². The standard InChI is InChI=1S/2C12H25NO.2H2/c1-8(2)7-11(13-10(5)6)12(14)9(3)4;1-7-10(6)11(13-9(4)5)12(14)8(2)3;;/h2*8-11,13H,7H2,1-6H3;2*1H. The molecule has 0 saturated carbocycles. The van der Waals surface area contributed by atoms with Gasteiger partial charge in [-0.3, -0.25) is 9.59 Å². The first-order chi connectivity index (χ1) is 12.7. The molecule has 0 saturated heterocycles. The molecule has 2 N–H and O–H groups in total. The van der Waals surface area contributed by atoms with Crippen LogP contribution in [0.5, 0.6) is 0 Å². The van der Waals surface area contributed by atoms with Crippen molar-refractivity contribution in [3.63, 3.8) is 0 Å². The SMILES string of the molecule is CC(C)CC(NC(C)C)C(=O)C(C)C.CCC(C)C(NC(C)C)C(=O)C(C)C.[HH].[HH]. The Morgan fingerprint density at radius 2 is 1.14 bits per heavy atom. The Labute approximate surface area is 179 Å². The molecule has 0 rings (SSSR count). The van der Waals surface area contributed by atoms with E-state index >= 15 is 0 Å². The molecule has 0 aromatic heterocycles. The van der Waals surface area contributed by atoms with Crippen LogP contribution in [0.3, 0.4) is 0 Å². The summed E-state index contributed by atoms with van der Waals surface area (Å²) in [5.41, 5.74) is 0. The van der Waals surface area contributed by atoms with E-state index in [1.54, 1.807) is 0 Å². The molecule has 0 aromatic rings. The molecule has 0 aliphatic heterocycles. The van der Waals surface area contributed by atoms with Crippen LogP contribution in [-0.4, -0.2) is 35.7 Å². The van der Waals surface area contributed by atoms with Crippen molar-refractivity contribution in [1.82, 2.24) is 10.6 Å². The third-order valence-electron chi connectivity index (χ3n) is 4.76. The zero-order chi connectivity index (χ0) is 22.6. The normalized spacial score (nSPS) is 15.0. The third-order valence-corrected chi connectivity index (χ3v) is 4.76. The Hall–Kier alpha value is -0.740. The summed E-state index contributed by atoms with van der Waals surface area (Å²) in [6.45, 7) is 24.8. The second kappa shape index (κ2) is 15.1. The van der Waals surface area contributed by atoms with E-state index in [0.717, 1.165) is 12.8 Å². The molecule has 4 heteroatoms. The first-order valence-corrected chi connectivity index (χ1v) is 11.3. The summed E-state index contributed by atoms with van der Waals surface area (Å²) in [5.74, 6) is 1.92. The van der Waals surface area contributed by atoms with Crippen molar-refractivity contribution in [3.8, 4) is 0 Å². The van der Waals surface area contributed by atoms with Gasteiger partial charge in [-0.05, 0) is 18.3 Å². The molecule has 172 valence electrons. The molecule has 0 bridgehead atoms. The van der Waals surface area contributed by atoms with Crippen LogP contribution in [0.15, 0.2) is 0 Å². The Morgan fingerprint density at radius 3 is 1.43 bits per heavy atom. The zero-order valence-electron chi connectivity index (χ0n) is 20.8. The van der Waals surface area contributed by atoms with Gasteiger partial charge in [0.1, 0.15) is 0 Å². The highest BCUT2D eigenvalue weighted by molar-refractivity contribution is 5.86. The van der Waals surface area contributed by atoms with Crippen molar-refractivity contribution in [2.24, 2.45) is 23.7 Å². The molecule has 0 aromatic carbocycles. The molecule has 0 fully saturated rings. The summed E-state index contributed by atoms with van der Waals surface area (Å²) in [4.78, 5) is 23.8. The second-order valence-corrected chi connectivity index (χ2v) is 9.80. The molecule has 3 unspecified atom stereocenters. The van der Waals surface area contributed by atoms with Crippen LogP contribution in [-0.2, 0) is 9.59 Å². The summed E-state index contributed by atoms with van der Waals surface area (Å²) in [7, 11) is 0. The zero-order valence-corrected chi connectivity index (χ0v) is 20.8. The van der Waals surface area contributed by atoms with E-state index < -0.39 is 0 Å². The number of carbonyl (C=O) groups excluding carboxylic acids is 2. The molecule has 0 radical (unpaired) electrons. The predicted octanol–water partition coefficient (Wildman–Crippen LogP) is 5.74. The lowest BCUT2D eigenvalue weighted by Crippen LogP contribution is -2.46. The molecule has 28 heavy (non-hydrogen) atoms. The molecule has 4 nitrogen and oxygen atoms in total. The van der Waals surface area contributed by atoms with E-state index in [1.165, 1.54) is 0 Å². The van der Waals surface area contributed by atoms with Gasteiger partial charge in [0.25, 0.3) is 0 Å². The fourth-order valence-corrected chi connectivity index (χ4v) is 3.02. The van der Waals surface area contributed by atoms with Crippen molar-refractivity contribution in [1.29, 1.82) is 0 Å². The van der Waals surface area contributed by atoms with Crippen LogP contribution in [0.25, 0.3) is 0 Å². The highest BCUT2D eigenvalue weighted by atomic mass is 16.1. The summed E-state index contributed by atoms with van der Waals surface area (Å²) in [6.07, 6.45) is 1.98. The Kier molecular flexibility index (Phi) is 15.9. The number of hydrogen-bond donors (Lipinski definition) is 2. The van der Waals surface area contributed by atoms with Gasteiger partial charge in [0, 0.05) is 26.8 Å². The van der Waals surface area contributed by atoms with E-state index in [9.17, 15) is 9.59 Å². The third kappa shape index (κ3) is 13.4. The van der Waals surface area contributed by atoms with E-state index in [1.807, 2.05) is 27.7 Å². The highest BCUT2D eigenvalue weighted by Crippen LogP contribution is 2.13. The monoisotopic (exact) mass is 402 g/mol. The maximum atomic E-state index is 11.9. The minimum Gasteiger partial charge on any atom is -0.305 e. The quantitative estimate of drug-likeness (QED) is 0.437. The number of carbonyl (C=O) groups is 2. The fourth-order valence-electron chi connectivity index (χ4n) is 3.02. The fraction of sp³-hybridized carbons (Fsp3) is 0.917. The minimum atomic E-state index is 0. The number of ketones is 2. The molecular weight excluding hydrogens is 348 g/mol. The Bertz CT molecular complexity index is 429. The summed E-state index contributed by atoms with van der Waals surface area (Å²) in [6, 6.07) is 0.813. The molecule has 0 heterocycles. The molecule has 0 amide bonds. The first-order valence-electron chi connectivity index (χ1n) is 11.3. The van der Waals surface area contributed by atoms with Crippen LogP contribution in [0.2, 0.25) is 0 Å². The lowest BCUT2D eigenvalue weighted by atomic mass is 9.90. The van der Waals surface area contributed by atoms with Gasteiger partial charge in [0.15, 0.2) is 11.6 Å². The Morgan fingerprint density at radius 1 is 0.714 bits per heavy atom. The second-order valence-electron chi connectivity index (χ2n) is 9.80. The lowest BCUT2D eigenvalue weighted by Gasteiger charge is -2.26. The molecule has 3 atom stereocenters. The van der Waals surface area contributed by atoms with Crippen LogP contribution < -0.4 is 10.6 Å². The van der Waals surface area contributed by atoms with Crippen LogP contribution in [0.1, 0.15) is 98.8 Å². The van der Waals surface area contributed by atoms with Gasteiger partial charge in [-0.1, -0.05) is 89.5 Å². The van der Waals surface area contributed by atoms with Gasteiger partial charge in [-0.25, -0.2) is 0 Å². The summed E-state index contributed by atoms with van der Waals surface area (Å²) < 4.78 is 0. The van der Waals surface area contributed by atoms with Gasteiger partial charge in [-0.15, -0.1) is 0 Å². The van der Waals surface area contributed by atoms with Crippen LogP contribution in [0, 0.1) is 23.7 Å². The molecular formula is C24H54N2O2. The highest BCUT2D eigenvalue weighted by Gasteiger charge is 2.26. The van der Waals surface area contributed by atoms with Crippen molar-refractivity contribution in [2.75, 3.05) is 0 Å². The lowest BCUT2D eigenvalue weighted by molar-refractivity contribution is -0.125. The van der Waals surface area contributed by atoms with Crippen molar-refractivity contribution in [2.45, 2.75) is 120 Å². The predicted molar refractivity (Wildman–Crippen MR) is 127 cm³/mol. The van der Waals surface area contributed by atoms with Crippen molar-refractivity contribution in [3.05, 3.63) is 0 Å². The minimum absolute atomic E-state index is 0. The summed E-state index contributed by atoms with van der Waals surface area (Å²) in [5, 5.41) is 6.70. The maximum absolute atomic E-state index is 11.9. The Balaban J connectivity index is -0.000000211. The average molecular weight is 403 g/mol. The molecule has 0 spiro atoms. The van der Waals surface area contributed by atoms with Crippen molar-refractivity contribution < 1.29 is 12.4 Å². The van der Waals surface area contributed by atoms with Crippen LogP contribution >= 0.6 is 0 Å². The number of rotatable bonds is 12. The largest absolute Gasteiger partial charge is 0.305 e. The van der Waals surface area contributed by atoms with Crippen LogP contribution in [0.4, 0.5) is 0 Å². The number of hydrogen-bond acceptors (Lipinski definition) is 4. The van der Waals surface area contributed by atoms with Gasteiger partial charge in [-0.2, -0.15) is 0 Å². The smallest absolute Gasteiger partial charge is 0.152 e. The molecule has 0 aliphatic rings. The number of nitrogens with one attached hydrogen (secondary N) is 2. The summed E-state index contributed by atoms with van der Waals surface area (Å²) >= 11 is 0. The topological polar surface area (TPSA) is 58.2 Å². The number of Topliss-reactive ketones (excluding diaryl/α,β-unsaturated/α-hetero) is 2. The van der Waals surface area contributed by atoms with E-state index in [4.69, 9.17) is 0 Å². The van der Waals surface area contributed by atoms with E-state index in [-0.39, 0.29) is 26.8 Å². The van der Waals surface area contributed by atoms with Gasteiger partial charge < -0.3 is 10.6 Å². The van der Waals surface area contributed by atoms with Gasteiger partial charge in [0.05, 0.1) is 12.1 Å².